The number of β-amino-alcohol motifs (C(OH)–C–C–N with tert-alkyl or cyclic N) is 1. The van der Waals surface area contributed by atoms with E-state index in [1.807, 2.05) is 13.0 Å². The van der Waals surface area contributed by atoms with Crippen molar-refractivity contribution in [3.8, 4) is 0 Å². The highest BCUT2D eigenvalue weighted by molar-refractivity contribution is 5.92. The van der Waals surface area contributed by atoms with Crippen LogP contribution >= 0.6 is 0 Å². The van der Waals surface area contributed by atoms with Crippen molar-refractivity contribution in [1.82, 2.24) is 20.0 Å². The molecule has 1 aliphatic rings. The van der Waals surface area contributed by atoms with Crippen molar-refractivity contribution in [3.05, 3.63) is 17.5 Å². The van der Waals surface area contributed by atoms with Gasteiger partial charge in [-0.05, 0) is 12.5 Å². The first-order valence-corrected chi connectivity index (χ1v) is 6.23. The first-order valence-electron chi connectivity index (χ1n) is 6.23. The second-order valence-corrected chi connectivity index (χ2v) is 4.71. The number of aromatic nitrogens is 2. The zero-order valence-corrected chi connectivity index (χ0v) is 11.1. The number of aliphatic hydroxyl groups excluding tert-OH is 1. The van der Waals surface area contributed by atoms with E-state index < -0.39 is 6.10 Å². The standard InChI is InChI=1S/C12H20N4O2/c1-4-8-5-9(16(3)14-8)12(18)15(2)10-6-13-7-11(10)17/h5,10-11,13,17H,4,6-7H2,1-3H3/t10-,11-/m0/s1. The van der Waals surface area contributed by atoms with E-state index in [2.05, 4.69) is 10.4 Å². The average molecular weight is 252 g/mol. The molecule has 0 aliphatic carbocycles. The molecular weight excluding hydrogens is 232 g/mol. The zero-order valence-electron chi connectivity index (χ0n) is 11.1. The first kappa shape index (κ1) is 13.0. The number of amides is 1. The van der Waals surface area contributed by atoms with Gasteiger partial charge in [0.15, 0.2) is 0 Å². The summed E-state index contributed by atoms with van der Waals surface area (Å²) < 4.78 is 1.60. The summed E-state index contributed by atoms with van der Waals surface area (Å²) in [6.07, 6.45) is 0.302. The molecule has 2 rings (SSSR count). The zero-order chi connectivity index (χ0) is 13.3. The number of carbonyl (C=O) groups excluding carboxylic acids is 1. The summed E-state index contributed by atoms with van der Waals surface area (Å²) in [6.45, 7) is 3.17. The Bertz CT molecular complexity index is 443. The molecule has 18 heavy (non-hydrogen) atoms. The molecule has 1 saturated heterocycles. The van der Waals surface area contributed by atoms with Gasteiger partial charge in [0.1, 0.15) is 5.69 Å². The lowest BCUT2D eigenvalue weighted by molar-refractivity contribution is 0.0571. The maximum absolute atomic E-state index is 12.4. The molecule has 1 fully saturated rings. The number of carbonyl (C=O) groups is 1. The molecule has 0 aromatic carbocycles. The Labute approximate surface area is 107 Å². The highest BCUT2D eigenvalue weighted by Gasteiger charge is 2.32. The molecule has 0 radical (unpaired) electrons. The smallest absolute Gasteiger partial charge is 0.272 e. The van der Waals surface area contributed by atoms with Gasteiger partial charge >= 0.3 is 0 Å². The number of likely N-dealkylation sites (N-methyl/N-ethyl adjacent to an activating group) is 1. The lowest BCUT2D eigenvalue weighted by atomic mass is 10.1. The minimum atomic E-state index is -0.502. The summed E-state index contributed by atoms with van der Waals surface area (Å²) >= 11 is 0. The molecule has 1 amide bonds. The van der Waals surface area contributed by atoms with Crippen molar-refractivity contribution in [1.29, 1.82) is 0 Å². The van der Waals surface area contributed by atoms with Crippen LogP contribution in [0.3, 0.4) is 0 Å². The fourth-order valence-corrected chi connectivity index (χ4v) is 2.28. The van der Waals surface area contributed by atoms with Gasteiger partial charge < -0.3 is 15.3 Å². The van der Waals surface area contributed by atoms with Crippen LogP contribution in [0.1, 0.15) is 23.1 Å². The highest BCUT2D eigenvalue weighted by atomic mass is 16.3. The summed E-state index contributed by atoms with van der Waals surface area (Å²) in [5.74, 6) is -0.0996. The molecular formula is C12H20N4O2. The molecule has 6 heteroatoms. The van der Waals surface area contributed by atoms with Crippen LogP contribution in [-0.2, 0) is 13.5 Å². The number of hydrogen-bond donors (Lipinski definition) is 2. The molecule has 0 unspecified atom stereocenters. The van der Waals surface area contributed by atoms with Crippen molar-refractivity contribution >= 4 is 5.91 Å². The number of aryl methyl sites for hydroxylation is 2. The van der Waals surface area contributed by atoms with E-state index >= 15 is 0 Å². The predicted octanol–water partition coefficient (Wildman–Crippen LogP) is -0.613. The van der Waals surface area contributed by atoms with Crippen LogP contribution in [-0.4, -0.2) is 58.0 Å². The summed E-state index contributed by atoms with van der Waals surface area (Å²) in [5.41, 5.74) is 1.47. The van der Waals surface area contributed by atoms with E-state index in [4.69, 9.17) is 0 Å². The molecule has 0 saturated carbocycles. The molecule has 0 bridgehead atoms. The van der Waals surface area contributed by atoms with E-state index in [1.165, 1.54) is 0 Å². The van der Waals surface area contributed by atoms with Crippen LogP contribution in [0.2, 0.25) is 0 Å². The number of hydrogen-bond acceptors (Lipinski definition) is 4. The fraction of sp³-hybridized carbons (Fsp3) is 0.667. The van der Waals surface area contributed by atoms with E-state index in [0.29, 0.717) is 18.8 Å². The minimum Gasteiger partial charge on any atom is -0.390 e. The SMILES string of the molecule is CCc1cc(C(=O)N(C)[C@H]2CNC[C@@H]2O)n(C)n1. The maximum atomic E-state index is 12.4. The van der Waals surface area contributed by atoms with E-state index in [1.54, 1.807) is 23.7 Å². The number of nitrogens with zero attached hydrogens (tertiary/aromatic N) is 3. The van der Waals surface area contributed by atoms with Crippen LogP contribution in [0.25, 0.3) is 0 Å². The first-order chi connectivity index (χ1) is 8.54. The average Bonchev–Trinajstić information content (AvgIpc) is 2.93. The molecule has 100 valence electrons. The van der Waals surface area contributed by atoms with Gasteiger partial charge in [-0.2, -0.15) is 5.10 Å². The molecule has 2 N–H and O–H groups in total. The van der Waals surface area contributed by atoms with Crippen molar-refractivity contribution in [2.75, 3.05) is 20.1 Å². The molecule has 1 aromatic heterocycles. The Kier molecular flexibility index (Phi) is 3.68. The molecule has 1 aromatic rings. The predicted molar refractivity (Wildman–Crippen MR) is 67.3 cm³/mol. The van der Waals surface area contributed by atoms with Crippen molar-refractivity contribution in [2.24, 2.45) is 7.05 Å². The third kappa shape index (κ3) is 2.26. The minimum absolute atomic E-state index is 0.0996. The van der Waals surface area contributed by atoms with E-state index in [-0.39, 0.29) is 11.9 Å². The molecule has 6 nitrogen and oxygen atoms in total. The second-order valence-electron chi connectivity index (χ2n) is 4.71. The third-order valence-electron chi connectivity index (χ3n) is 3.48. The molecule has 2 heterocycles. The van der Waals surface area contributed by atoms with Crippen LogP contribution in [0.4, 0.5) is 0 Å². The number of aliphatic hydroxyl groups is 1. The van der Waals surface area contributed by atoms with E-state index in [9.17, 15) is 9.90 Å². The second kappa shape index (κ2) is 5.07. The van der Waals surface area contributed by atoms with Crippen molar-refractivity contribution < 1.29 is 9.90 Å². The molecule has 1 aliphatic heterocycles. The monoisotopic (exact) mass is 252 g/mol. The van der Waals surface area contributed by atoms with Gasteiger partial charge in [-0.25, -0.2) is 0 Å². The van der Waals surface area contributed by atoms with Gasteiger partial charge in [-0.1, -0.05) is 6.92 Å². The van der Waals surface area contributed by atoms with Crippen LogP contribution < -0.4 is 5.32 Å². The Balaban J connectivity index is 2.17. The van der Waals surface area contributed by atoms with Gasteiger partial charge in [0.05, 0.1) is 17.8 Å². The van der Waals surface area contributed by atoms with Crippen molar-refractivity contribution in [3.63, 3.8) is 0 Å². The lowest BCUT2D eigenvalue weighted by Crippen LogP contribution is -2.44. The van der Waals surface area contributed by atoms with Crippen LogP contribution in [0.5, 0.6) is 0 Å². The third-order valence-corrected chi connectivity index (χ3v) is 3.48. The highest BCUT2D eigenvalue weighted by Crippen LogP contribution is 2.13. The van der Waals surface area contributed by atoms with Gasteiger partial charge in [-0.15, -0.1) is 0 Å². The molecule has 2 atom stereocenters. The normalized spacial score (nSPS) is 23.3. The van der Waals surface area contributed by atoms with Gasteiger partial charge in [0.25, 0.3) is 5.91 Å². The maximum Gasteiger partial charge on any atom is 0.272 e. The summed E-state index contributed by atoms with van der Waals surface area (Å²) in [4.78, 5) is 14.0. The topological polar surface area (TPSA) is 70.4 Å². The Morgan fingerprint density at radius 2 is 2.39 bits per heavy atom. The van der Waals surface area contributed by atoms with Crippen LogP contribution in [0.15, 0.2) is 6.07 Å². The number of rotatable bonds is 3. The Morgan fingerprint density at radius 3 is 2.89 bits per heavy atom. The Hall–Kier alpha value is -1.40. The number of nitrogens with one attached hydrogen (secondary N) is 1. The summed E-state index contributed by atoms with van der Waals surface area (Å²) in [7, 11) is 3.49. The molecule has 0 spiro atoms. The van der Waals surface area contributed by atoms with E-state index in [0.717, 1.165) is 12.1 Å². The fourth-order valence-electron chi connectivity index (χ4n) is 2.28. The van der Waals surface area contributed by atoms with Gasteiger partial charge in [0, 0.05) is 27.2 Å². The summed E-state index contributed by atoms with van der Waals surface area (Å²) in [6, 6.07) is 1.64. The van der Waals surface area contributed by atoms with Crippen LogP contribution in [0, 0.1) is 0 Å². The Morgan fingerprint density at radius 1 is 1.67 bits per heavy atom. The summed E-state index contributed by atoms with van der Waals surface area (Å²) in [5, 5.41) is 17.1. The largest absolute Gasteiger partial charge is 0.390 e. The van der Waals surface area contributed by atoms with Crippen molar-refractivity contribution in [2.45, 2.75) is 25.5 Å². The lowest BCUT2D eigenvalue weighted by Gasteiger charge is -2.26. The quantitative estimate of drug-likeness (QED) is 0.753. The van der Waals surface area contributed by atoms with Gasteiger partial charge in [-0.3, -0.25) is 9.48 Å². The van der Waals surface area contributed by atoms with Gasteiger partial charge in [0.2, 0.25) is 0 Å².